The molecule has 2 aromatic carbocycles. The monoisotopic (exact) mass is 287 g/mol. The van der Waals surface area contributed by atoms with Gasteiger partial charge in [-0.1, -0.05) is 17.3 Å². The molecule has 0 bridgehead atoms. The minimum atomic E-state index is -0.702. The van der Waals surface area contributed by atoms with Gasteiger partial charge in [0.25, 0.3) is 5.89 Å². The third-order valence-electron chi connectivity index (χ3n) is 3.07. The first-order valence-corrected chi connectivity index (χ1v) is 6.20. The SMILES string of the molecule is Cc1cccc(N)c1-c1nc(-c2cc(F)cc(F)c2)no1. The van der Waals surface area contributed by atoms with E-state index in [0.717, 1.165) is 23.8 Å². The minimum Gasteiger partial charge on any atom is -0.398 e. The Balaban J connectivity index is 2.08. The molecule has 0 amide bonds. The highest BCUT2D eigenvalue weighted by molar-refractivity contribution is 5.74. The number of aromatic nitrogens is 2. The highest BCUT2D eigenvalue weighted by Crippen LogP contribution is 2.29. The molecular weight excluding hydrogens is 276 g/mol. The first kappa shape index (κ1) is 13.2. The van der Waals surface area contributed by atoms with E-state index in [2.05, 4.69) is 10.1 Å². The van der Waals surface area contributed by atoms with Gasteiger partial charge in [0.2, 0.25) is 5.82 Å². The van der Waals surface area contributed by atoms with Crippen LogP contribution in [0.3, 0.4) is 0 Å². The molecule has 21 heavy (non-hydrogen) atoms. The summed E-state index contributed by atoms with van der Waals surface area (Å²) >= 11 is 0. The third kappa shape index (κ3) is 2.47. The number of nitrogen functional groups attached to an aromatic ring is 1. The minimum absolute atomic E-state index is 0.103. The Labute approximate surface area is 119 Å². The summed E-state index contributed by atoms with van der Waals surface area (Å²) in [6.07, 6.45) is 0. The largest absolute Gasteiger partial charge is 0.398 e. The molecule has 0 aliphatic rings. The fourth-order valence-electron chi connectivity index (χ4n) is 2.11. The second-order valence-corrected chi connectivity index (χ2v) is 4.62. The molecule has 0 saturated carbocycles. The van der Waals surface area contributed by atoms with Crippen LogP contribution in [0.2, 0.25) is 0 Å². The average molecular weight is 287 g/mol. The molecule has 4 nitrogen and oxygen atoms in total. The van der Waals surface area contributed by atoms with Gasteiger partial charge in [0.05, 0.1) is 5.56 Å². The van der Waals surface area contributed by atoms with Crippen molar-refractivity contribution in [3.05, 3.63) is 53.6 Å². The van der Waals surface area contributed by atoms with Crippen molar-refractivity contribution >= 4 is 5.69 Å². The molecule has 0 spiro atoms. The molecule has 0 aliphatic heterocycles. The van der Waals surface area contributed by atoms with Crippen LogP contribution in [0, 0.1) is 18.6 Å². The zero-order valence-corrected chi connectivity index (χ0v) is 11.1. The van der Waals surface area contributed by atoms with Gasteiger partial charge in [-0.05, 0) is 30.7 Å². The fraction of sp³-hybridized carbons (Fsp3) is 0.0667. The second kappa shape index (κ2) is 4.97. The van der Waals surface area contributed by atoms with Crippen LogP contribution in [0.1, 0.15) is 5.56 Å². The normalized spacial score (nSPS) is 10.8. The zero-order chi connectivity index (χ0) is 15.0. The molecule has 0 saturated heterocycles. The molecule has 0 fully saturated rings. The number of hydrogen-bond donors (Lipinski definition) is 1. The maximum Gasteiger partial charge on any atom is 0.260 e. The number of nitrogens with two attached hydrogens (primary N) is 1. The van der Waals surface area contributed by atoms with E-state index in [9.17, 15) is 8.78 Å². The Morgan fingerprint density at radius 1 is 1.10 bits per heavy atom. The van der Waals surface area contributed by atoms with Crippen molar-refractivity contribution < 1.29 is 13.3 Å². The van der Waals surface area contributed by atoms with Crippen molar-refractivity contribution in [3.63, 3.8) is 0 Å². The molecule has 3 aromatic rings. The van der Waals surface area contributed by atoms with Gasteiger partial charge in [-0.25, -0.2) is 8.78 Å². The summed E-state index contributed by atoms with van der Waals surface area (Å²) in [5.41, 5.74) is 8.09. The summed E-state index contributed by atoms with van der Waals surface area (Å²) in [7, 11) is 0. The van der Waals surface area contributed by atoms with Gasteiger partial charge in [-0.15, -0.1) is 0 Å². The van der Waals surface area contributed by atoms with Gasteiger partial charge in [-0.2, -0.15) is 4.98 Å². The first-order valence-electron chi connectivity index (χ1n) is 6.20. The fourth-order valence-corrected chi connectivity index (χ4v) is 2.11. The summed E-state index contributed by atoms with van der Waals surface area (Å²) in [6, 6.07) is 8.44. The Bertz CT molecular complexity index is 774. The van der Waals surface area contributed by atoms with E-state index in [4.69, 9.17) is 10.3 Å². The molecule has 0 atom stereocenters. The van der Waals surface area contributed by atoms with Gasteiger partial charge in [0.15, 0.2) is 0 Å². The molecule has 0 unspecified atom stereocenters. The summed E-state index contributed by atoms with van der Waals surface area (Å²) < 4.78 is 31.6. The van der Waals surface area contributed by atoms with Crippen LogP contribution >= 0.6 is 0 Å². The van der Waals surface area contributed by atoms with Crippen molar-refractivity contribution in [2.45, 2.75) is 6.92 Å². The molecule has 3 rings (SSSR count). The lowest BCUT2D eigenvalue weighted by Gasteiger charge is -2.03. The lowest BCUT2D eigenvalue weighted by atomic mass is 10.1. The molecule has 106 valence electrons. The number of nitrogens with zero attached hydrogens (tertiary/aromatic N) is 2. The maximum absolute atomic E-state index is 13.2. The van der Waals surface area contributed by atoms with Gasteiger partial charge >= 0.3 is 0 Å². The van der Waals surface area contributed by atoms with E-state index in [-0.39, 0.29) is 17.3 Å². The summed E-state index contributed by atoms with van der Waals surface area (Å²) in [4.78, 5) is 4.16. The van der Waals surface area contributed by atoms with Crippen LogP contribution < -0.4 is 5.73 Å². The molecular formula is C15H11F2N3O. The van der Waals surface area contributed by atoms with Crippen molar-refractivity contribution in [1.82, 2.24) is 10.1 Å². The van der Waals surface area contributed by atoms with Gasteiger partial charge in [-0.3, -0.25) is 0 Å². The zero-order valence-electron chi connectivity index (χ0n) is 11.1. The predicted molar refractivity (Wildman–Crippen MR) is 74.2 cm³/mol. The lowest BCUT2D eigenvalue weighted by Crippen LogP contribution is -1.93. The van der Waals surface area contributed by atoms with E-state index < -0.39 is 11.6 Å². The number of rotatable bonds is 2. The Morgan fingerprint density at radius 2 is 1.81 bits per heavy atom. The quantitative estimate of drug-likeness (QED) is 0.732. The second-order valence-electron chi connectivity index (χ2n) is 4.62. The number of aryl methyl sites for hydroxylation is 1. The van der Waals surface area contributed by atoms with E-state index >= 15 is 0 Å². The van der Waals surface area contributed by atoms with Crippen molar-refractivity contribution in [2.75, 3.05) is 5.73 Å². The maximum atomic E-state index is 13.2. The lowest BCUT2D eigenvalue weighted by molar-refractivity contribution is 0.432. The van der Waals surface area contributed by atoms with Crippen molar-refractivity contribution in [3.8, 4) is 22.8 Å². The van der Waals surface area contributed by atoms with E-state index in [1.807, 2.05) is 19.1 Å². The molecule has 1 heterocycles. The predicted octanol–water partition coefficient (Wildman–Crippen LogP) is 3.57. The number of hydrogen-bond acceptors (Lipinski definition) is 4. The highest BCUT2D eigenvalue weighted by atomic mass is 19.1. The smallest absolute Gasteiger partial charge is 0.260 e. The topological polar surface area (TPSA) is 64.9 Å². The summed E-state index contributed by atoms with van der Waals surface area (Å²) in [5, 5.41) is 3.75. The van der Waals surface area contributed by atoms with E-state index in [1.54, 1.807) is 6.07 Å². The standard InChI is InChI=1S/C15H11F2N3O/c1-8-3-2-4-12(18)13(8)15-19-14(20-21-15)9-5-10(16)7-11(17)6-9/h2-7H,18H2,1H3. The van der Waals surface area contributed by atoms with Gasteiger partial charge in [0, 0.05) is 17.3 Å². The van der Waals surface area contributed by atoms with Crippen LogP contribution in [0.15, 0.2) is 40.9 Å². The summed E-state index contributed by atoms with van der Waals surface area (Å²) in [6.45, 7) is 1.86. The first-order chi connectivity index (χ1) is 10.0. The van der Waals surface area contributed by atoms with Crippen LogP contribution in [0.4, 0.5) is 14.5 Å². The van der Waals surface area contributed by atoms with Gasteiger partial charge in [0.1, 0.15) is 11.6 Å². The molecule has 1 aromatic heterocycles. The van der Waals surface area contributed by atoms with E-state index in [0.29, 0.717) is 11.3 Å². The van der Waals surface area contributed by atoms with Crippen LogP contribution in [0.25, 0.3) is 22.8 Å². The summed E-state index contributed by atoms with van der Waals surface area (Å²) in [5.74, 6) is -1.09. The molecule has 6 heteroatoms. The molecule has 0 aliphatic carbocycles. The van der Waals surface area contributed by atoms with Crippen molar-refractivity contribution in [1.29, 1.82) is 0 Å². The molecule has 2 N–H and O–H groups in total. The number of halogens is 2. The Morgan fingerprint density at radius 3 is 2.48 bits per heavy atom. The van der Waals surface area contributed by atoms with Crippen LogP contribution in [-0.4, -0.2) is 10.1 Å². The number of anilines is 1. The third-order valence-corrected chi connectivity index (χ3v) is 3.07. The highest BCUT2D eigenvalue weighted by Gasteiger charge is 2.16. The average Bonchev–Trinajstić information content (AvgIpc) is 2.87. The Hall–Kier alpha value is -2.76. The van der Waals surface area contributed by atoms with Gasteiger partial charge < -0.3 is 10.3 Å². The number of benzene rings is 2. The Kier molecular flexibility index (Phi) is 3.13. The molecule has 0 radical (unpaired) electrons. The van der Waals surface area contributed by atoms with Crippen LogP contribution in [0.5, 0.6) is 0 Å². The van der Waals surface area contributed by atoms with Crippen molar-refractivity contribution in [2.24, 2.45) is 0 Å². The van der Waals surface area contributed by atoms with Crippen LogP contribution in [-0.2, 0) is 0 Å². The van der Waals surface area contributed by atoms with E-state index in [1.165, 1.54) is 0 Å².